The van der Waals surface area contributed by atoms with E-state index in [0.29, 0.717) is 18.7 Å². The molecular formula is C17H30N6O. The van der Waals surface area contributed by atoms with Gasteiger partial charge in [0, 0.05) is 32.7 Å². The zero-order chi connectivity index (χ0) is 17.5. The van der Waals surface area contributed by atoms with Gasteiger partial charge in [-0.15, -0.1) is 0 Å². The highest BCUT2D eigenvalue weighted by Crippen LogP contribution is 2.62. The van der Waals surface area contributed by atoms with Crippen LogP contribution in [0.1, 0.15) is 45.8 Å². The number of aromatic nitrogens is 3. The van der Waals surface area contributed by atoms with Crippen molar-refractivity contribution in [2.75, 3.05) is 14.2 Å². The SMILES string of the molecule is CN=C(NC1CCc2nc(COC)nn2C1)NC1C(C)(C)C1(C)C. The molecule has 0 saturated heterocycles. The summed E-state index contributed by atoms with van der Waals surface area (Å²) in [4.78, 5) is 8.94. The van der Waals surface area contributed by atoms with E-state index in [1.54, 1.807) is 7.11 Å². The summed E-state index contributed by atoms with van der Waals surface area (Å²) in [5, 5.41) is 11.7. The Bertz CT molecular complexity index is 619. The van der Waals surface area contributed by atoms with Crippen LogP contribution in [-0.2, 0) is 24.3 Å². The van der Waals surface area contributed by atoms with Crippen LogP contribution in [0.4, 0.5) is 0 Å². The number of hydrogen-bond donors (Lipinski definition) is 2. The number of guanidine groups is 1. The minimum Gasteiger partial charge on any atom is -0.377 e. The second kappa shape index (κ2) is 6.02. The molecular weight excluding hydrogens is 304 g/mol. The van der Waals surface area contributed by atoms with Crippen LogP contribution in [0.15, 0.2) is 4.99 Å². The largest absolute Gasteiger partial charge is 0.377 e. The summed E-state index contributed by atoms with van der Waals surface area (Å²) >= 11 is 0. The molecule has 0 spiro atoms. The monoisotopic (exact) mass is 334 g/mol. The highest BCUT2D eigenvalue weighted by atomic mass is 16.5. The minimum absolute atomic E-state index is 0.283. The Kier molecular flexibility index (Phi) is 4.32. The van der Waals surface area contributed by atoms with Crippen LogP contribution in [0.5, 0.6) is 0 Å². The maximum atomic E-state index is 5.12. The van der Waals surface area contributed by atoms with Gasteiger partial charge < -0.3 is 15.4 Å². The van der Waals surface area contributed by atoms with Crippen LogP contribution in [0, 0.1) is 10.8 Å². The van der Waals surface area contributed by atoms with Crippen molar-refractivity contribution in [1.82, 2.24) is 25.4 Å². The minimum atomic E-state index is 0.283. The molecule has 2 heterocycles. The van der Waals surface area contributed by atoms with E-state index in [1.807, 2.05) is 11.7 Å². The molecule has 0 aromatic carbocycles. The lowest BCUT2D eigenvalue weighted by atomic mass is 10.0. The molecule has 3 rings (SSSR count). The van der Waals surface area contributed by atoms with E-state index in [2.05, 4.69) is 53.4 Å². The lowest BCUT2D eigenvalue weighted by Crippen LogP contribution is -2.48. The number of fused-ring (bicyclic) bond motifs is 1. The van der Waals surface area contributed by atoms with Gasteiger partial charge in [0.2, 0.25) is 0 Å². The molecule has 2 N–H and O–H groups in total. The third-order valence-electron chi connectivity index (χ3n) is 6.04. The van der Waals surface area contributed by atoms with Crippen molar-refractivity contribution in [3.8, 4) is 0 Å². The Morgan fingerprint density at radius 1 is 1.29 bits per heavy atom. The molecule has 1 aromatic heterocycles. The summed E-state index contributed by atoms with van der Waals surface area (Å²) in [7, 11) is 3.50. The van der Waals surface area contributed by atoms with Crippen molar-refractivity contribution in [3.05, 3.63) is 11.6 Å². The van der Waals surface area contributed by atoms with E-state index in [1.165, 1.54) is 0 Å². The van der Waals surface area contributed by atoms with Gasteiger partial charge in [-0.2, -0.15) is 5.10 Å². The lowest BCUT2D eigenvalue weighted by molar-refractivity contribution is 0.177. The normalized spacial score (nSPS) is 25.2. The van der Waals surface area contributed by atoms with Gasteiger partial charge in [-0.3, -0.25) is 4.99 Å². The Morgan fingerprint density at radius 3 is 2.58 bits per heavy atom. The maximum Gasteiger partial charge on any atom is 0.191 e. The van der Waals surface area contributed by atoms with Crippen molar-refractivity contribution in [2.24, 2.45) is 15.8 Å². The summed E-state index contributed by atoms with van der Waals surface area (Å²) in [5.74, 6) is 2.69. The highest BCUT2D eigenvalue weighted by Gasteiger charge is 2.65. The molecule has 1 aliphatic heterocycles. The summed E-state index contributed by atoms with van der Waals surface area (Å²) in [6.07, 6.45) is 1.95. The molecule has 7 heteroatoms. The first kappa shape index (κ1) is 17.2. The molecule has 1 aromatic rings. The molecule has 7 nitrogen and oxygen atoms in total. The predicted octanol–water partition coefficient (Wildman–Crippen LogP) is 1.34. The average molecular weight is 334 g/mol. The average Bonchev–Trinajstić information content (AvgIpc) is 2.83. The predicted molar refractivity (Wildman–Crippen MR) is 93.8 cm³/mol. The second-order valence-electron chi connectivity index (χ2n) is 8.03. The van der Waals surface area contributed by atoms with Crippen LogP contribution in [0.2, 0.25) is 0 Å². The van der Waals surface area contributed by atoms with Crippen LogP contribution in [-0.4, -0.2) is 47.0 Å². The molecule has 2 aliphatic rings. The summed E-state index contributed by atoms with van der Waals surface area (Å²) in [6, 6.07) is 0.751. The number of aliphatic imine (C=N–C) groups is 1. The first-order valence-electron chi connectivity index (χ1n) is 8.71. The van der Waals surface area contributed by atoms with Crippen molar-refractivity contribution < 1.29 is 4.74 Å². The molecule has 1 unspecified atom stereocenters. The first-order chi connectivity index (χ1) is 11.3. The first-order valence-corrected chi connectivity index (χ1v) is 8.71. The Morgan fingerprint density at radius 2 is 2.00 bits per heavy atom. The van der Waals surface area contributed by atoms with E-state index >= 15 is 0 Å². The van der Waals surface area contributed by atoms with Gasteiger partial charge in [0.1, 0.15) is 12.4 Å². The van der Waals surface area contributed by atoms with E-state index in [4.69, 9.17) is 4.74 Å². The van der Waals surface area contributed by atoms with Crippen molar-refractivity contribution in [2.45, 2.75) is 65.8 Å². The molecule has 1 fully saturated rings. The highest BCUT2D eigenvalue weighted by molar-refractivity contribution is 5.81. The van der Waals surface area contributed by atoms with Crippen molar-refractivity contribution in [1.29, 1.82) is 0 Å². The maximum absolute atomic E-state index is 5.12. The molecule has 0 amide bonds. The fourth-order valence-electron chi connectivity index (χ4n) is 3.73. The fourth-order valence-corrected chi connectivity index (χ4v) is 3.73. The molecule has 0 radical (unpaired) electrons. The van der Waals surface area contributed by atoms with Gasteiger partial charge in [-0.05, 0) is 17.3 Å². The van der Waals surface area contributed by atoms with Gasteiger partial charge in [-0.25, -0.2) is 9.67 Å². The zero-order valence-corrected chi connectivity index (χ0v) is 15.7. The van der Waals surface area contributed by atoms with Gasteiger partial charge >= 0.3 is 0 Å². The summed E-state index contributed by atoms with van der Waals surface area (Å²) in [6.45, 7) is 10.5. The van der Waals surface area contributed by atoms with E-state index < -0.39 is 0 Å². The molecule has 0 bridgehead atoms. The number of aryl methyl sites for hydroxylation is 1. The standard InChI is InChI=1S/C17H30N6O/c1-16(2)14(17(16,3)4)21-15(18-5)19-11-7-8-13-20-12(10-24-6)22-23(13)9-11/h11,14H,7-10H2,1-6H3,(H2,18,19,21). The van der Waals surface area contributed by atoms with Gasteiger partial charge in [0.05, 0.1) is 6.54 Å². The quantitative estimate of drug-likeness (QED) is 0.642. The van der Waals surface area contributed by atoms with Crippen LogP contribution in [0.25, 0.3) is 0 Å². The van der Waals surface area contributed by atoms with Crippen LogP contribution >= 0.6 is 0 Å². The van der Waals surface area contributed by atoms with Crippen molar-refractivity contribution >= 4 is 5.96 Å². The molecule has 134 valence electrons. The summed E-state index contributed by atoms with van der Waals surface area (Å²) < 4.78 is 7.11. The second-order valence-corrected chi connectivity index (χ2v) is 8.03. The van der Waals surface area contributed by atoms with E-state index in [9.17, 15) is 0 Å². The summed E-state index contributed by atoms with van der Waals surface area (Å²) in [5.41, 5.74) is 0.566. The zero-order valence-electron chi connectivity index (χ0n) is 15.7. The molecule has 24 heavy (non-hydrogen) atoms. The van der Waals surface area contributed by atoms with Crippen LogP contribution in [0.3, 0.4) is 0 Å². The Balaban J connectivity index is 1.59. The lowest BCUT2D eigenvalue weighted by Gasteiger charge is -2.25. The number of hydrogen-bond acceptors (Lipinski definition) is 4. The third kappa shape index (κ3) is 2.90. The van der Waals surface area contributed by atoms with E-state index in [0.717, 1.165) is 37.0 Å². The smallest absolute Gasteiger partial charge is 0.191 e. The number of methoxy groups -OCH3 is 1. The van der Waals surface area contributed by atoms with Crippen LogP contribution < -0.4 is 10.6 Å². The molecule has 1 atom stereocenters. The molecule has 1 saturated carbocycles. The van der Waals surface area contributed by atoms with Gasteiger partial charge in [0.15, 0.2) is 11.8 Å². The van der Waals surface area contributed by atoms with Gasteiger partial charge in [-0.1, -0.05) is 27.7 Å². The number of nitrogens with zero attached hydrogens (tertiary/aromatic N) is 4. The Hall–Kier alpha value is -1.63. The van der Waals surface area contributed by atoms with E-state index in [-0.39, 0.29) is 10.8 Å². The number of rotatable bonds is 4. The fraction of sp³-hybridized carbons (Fsp3) is 0.824. The number of ether oxygens (including phenoxy) is 1. The Labute approximate surface area is 144 Å². The molecule has 1 aliphatic carbocycles. The third-order valence-corrected chi connectivity index (χ3v) is 6.04. The van der Waals surface area contributed by atoms with Crippen molar-refractivity contribution in [3.63, 3.8) is 0 Å². The topological polar surface area (TPSA) is 76.4 Å². The van der Waals surface area contributed by atoms with Gasteiger partial charge in [0.25, 0.3) is 0 Å². The number of nitrogens with one attached hydrogen (secondary N) is 2.